The maximum atomic E-state index is 12.4. The third-order valence-corrected chi connectivity index (χ3v) is 5.43. The van der Waals surface area contributed by atoms with Gasteiger partial charge >= 0.3 is 6.01 Å². The van der Waals surface area contributed by atoms with Gasteiger partial charge in [0.1, 0.15) is 11.4 Å². The first-order valence-electron chi connectivity index (χ1n) is 9.13. The molecule has 8 heteroatoms. The van der Waals surface area contributed by atoms with Crippen LogP contribution in [0.2, 0.25) is 0 Å². The van der Waals surface area contributed by atoms with Crippen LogP contribution in [0.1, 0.15) is 44.7 Å². The van der Waals surface area contributed by atoms with Gasteiger partial charge in [-0.2, -0.15) is 4.98 Å². The molecular weight excluding hydrogens is 334 g/mol. The van der Waals surface area contributed by atoms with E-state index in [1.165, 1.54) is 0 Å². The summed E-state index contributed by atoms with van der Waals surface area (Å²) in [6.45, 7) is 3.88. The van der Waals surface area contributed by atoms with E-state index in [0.717, 1.165) is 49.3 Å². The minimum Gasteiger partial charge on any atom is -0.467 e. The quantitative estimate of drug-likeness (QED) is 0.832. The second-order valence-electron chi connectivity index (χ2n) is 7.78. The molecule has 8 nitrogen and oxygen atoms in total. The van der Waals surface area contributed by atoms with Crippen molar-refractivity contribution in [3.63, 3.8) is 0 Å². The minimum absolute atomic E-state index is 0.0527. The maximum Gasteiger partial charge on any atom is 0.318 e. The molecule has 0 aromatic carbocycles. The first kappa shape index (κ1) is 17.1. The Kier molecular flexibility index (Phi) is 4.20. The fraction of sp³-hybridized carbons (Fsp3) is 0.667. The number of aromatic nitrogens is 2. The van der Waals surface area contributed by atoms with E-state index in [2.05, 4.69) is 25.8 Å². The second kappa shape index (κ2) is 6.41. The molecular formula is C18H25N5O3. The van der Waals surface area contributed by atoms with E-state index in [1.807, 2.05) is 19.9 Å². The first-order valence-corrected chi connectivity index (χ1v) is 9.13. The number of oxime groups is 1. The molecule has 0 unspecified atom stereocenters. The number of anilines is 1. The molecule has 1 aromatic rings. The summed E-state index contributed by atoms with van der Waals surface area (Å²) >= 11 is 0. The lowest BCUT2D eigenvalue weighted by atomic mass is 9.68. The Morgan fingerprint density at radius 3 is 2.69 bits per heavy atom. The number of methoxy groups -OCH3 is 1. The van der Waals surface area contributed by atoms with Crippen molar-refractivity contribution in [3.8, 4) is 6.01 Å². The SMILES string of the molecule is COc1nc(C)cc(NC2CC(NC(=O)C3CC4(CC(C)=NO4)C3)C2)n1. The number of ether oxygens (including phenoxy) is 1. The Morgan fingerprint density at radius 2 is 2.04 bits per heavy atom. The summed E-state index contributed by atoms with van der Waals surface area (Å²) in [5.74, 6) is 0.961. The predicted octanol–water partition coefficient (Wildman–Crippen LogP) is 1.80. The monoisotopic (exact) mass is 359 g/mol. The third-order valence-electron chi connectivity index (χ3n) is 5.43. The Balaban J connectivity index is 1.20. The van der Waals surface area contributed by atoms with Crippen LogP contribution in [-0.4, -0.2) is 46.4 Å². The minimum atomic E-state index is -0.195. The van der Waals surface area contributed by atoms with Crippen molar-refractivity contribution in [2.24, 2.45) is 11.1 Å². The molecule has 0 bridgehead atoms. The van der Waals surface area contributed by atoms with E-state index in [4.69, 9.17) is 9.57 Å². The molecule has 1 spiro atoms. The molecule has 26 heavy (non-hydrogen) atoms. The lowest BCUT2D eigenvalue weighted by molar-refractivity contribution is -0.148. The van der Waals surface area contributed by atoms with Crippen molar-refractivity contribution in [1.82, 2.24) is 15.3 Å². The summed E-state index contributed by atoms with van der Waals surface area (Å²) in [5, 5.41) is 10.6. The molecule has 3 aliphatic rings. The molecule has 140 valence electrons. The van der Waals surface area contributed by atoms with Crippen LogP contribution in [0.5, 0.6) is 6.01 Å². The van der Waals surface area contributed by atoms with Crippen LogP contribution in [-0.2, 0) is 9.63 Å². The number of carbonyl (C=O) groups excluding carboxylic acids is 1. The summed E-state index contributed by atoms with van der Waals surface area (Å²) in [5.41, 5.74) is 1.68. The first-order chi connectivity index (χ1) is 12.4. The van der Waals surface area contributed by atoms with Gasteiger partial charge in [-0.25, -0.2) is 4.98 Å². The smallest absolute Gasteiger partial charge is 0.318 e. The Labute approximate surface area is 152 Å². The van der Waals surface area contributed by atoms with E-state index in [9.17, 15) is 4.79 Å². The van der Waals surface area contributed by atoms with E-state index in [-0.39, 0.29) is 23.5 Å². The normalized spacial score (nSPS) is 32.1. The molecule has 2 fully saturated rings. The molecule has 1 aromatic heterocycles. The van der Waals surface area contributed by atoms with Crippen LogP contribution in [0.4, 0.5) is 5.82 Å². The molecule has 2 aliphatic carbocycles. The summed E-state index contributed by atoms with van der Waals surface area (Å²) in [4.78, 5) is 26.4. The number of hydrogen-bond acceptors (Lipinski definition) is 7. The number of amides is 1. The number of carbonyl (C=O) groups is 1. The summed E-state index contributed by atoms with van der Waals surface area (Å²) in [6.07, 6.45) is 4.19. The number of hydrogen-bond donors (Lipinski definition) is 2. The van der Waals surface area contributed by atoms with Gasteiger partial charge in [0, 0.05) is 49.0 Å². The van der Waals surface area contributed by atoms with Crippen molar-refractivity contribution < 1.29 is 14.4 Å². The van der Waals surface area contributed by atoms with Crippen molar-refractivity contribution in [3.05, 3.63) is 11.8 Å². The zero-order valence-corrected chi connectivity index (χ0v) is 15.4. The average molecular weight is 359 g/mol. The maximum absolute atomic E-state index is 12.4. The largest absolute Gasteiger partial charge is 0.467 e. The Morgan fingerprint density at radius 1 is 1.27 bits per heavy atom. The lowest BCUT2D eigenvalue weighted by Gasteiger charge is -2.43. The zero-order valence-electron chi connectivity index (χ0n) is 15.4. The van der Waals surface area contributed by atoms with Gasteiger partial charge in [-0.1, -0.05) is 5.16 Å². The van der Waals surface area contributed by atoms with Gasteiger partial charge in [0.2, 0.25) is 5.91 Å². The molecule has 0 saturated heterocycles. The second-order valence-corrected chi connectivity index (χ2v) is 7.78. The van der Waals surface area contributed by atoms with Crippen LogP contribution in [0.25, 0.3) is 0 Å². The molecule has 2 N–H and O–H groups in total. The Hall–Kier alpha value is -2.38. The predicted molar refractivity (Wildman–Crippen MR) is 96.2 cm³/mol. The van der Waals surface area contributed by atoms with Crippen molar-refractivity contribution in [1.29, 1.82) is 0 Å². The van der Waals surface area contributed by atoms with Gasteiger partial charge in [-0.15, -0.1) is 0 Å². The van der Waals surface area contributed by atoms with Gasteiger partial charge in [-0.05, 0) is 26.7 Å². The molecule has 2 heterocycles. The number of aryl methyl sites for hydroxylation is 1. The summed E-state index contributed by atoms with van der Waals surface area (Å²) in [7, 11) is 1.56. The summed E-state index contributed by atoms with van der Waals surface area (Å²) < 4.78 is 5.10. The van der Waals surface area contributed by atoms with Gasteiger partial charge in [0.15, 0.2) is 0 Å². The van der Waals surface area contributed by atoms with Crippen molar-refractivity contribution in [2.45, 2.75) is 63.6 Å². The highest BCUT2D eigenvalue weighted by molar-refractivity contribution is 5.85. The number of nitrogens with one attached hydrogen (secondary N) is 2. The molecule has 4 rings (SSSR count). The number of rotatable bonds is 5. The van der Waals surface area contributed by atoms with E-state index in [0.29, 0.717) is 12.1 Å². The lowest BCUT2D eigenvalue weighted by Crippen LogP contribution is -2.55. The summed E-state index contributed by atoms with van der Waals surface area (Å²) in [6, 6.07) is 2.79. The molecule has 2 saturated carbocycles. The Bertz CT molecular complexity index is 738. The van der Waals surface area contributed by atoms with Crippen LogP contribution in [0, 0.1) is 12.8 Å². The van der Waals surface area contributed by atoms with Crippen LogP contribution in [0.3, 0.4) is 0 Å². The topological polar surface area (TPSA) is 97.7 Å². The molecule has 0 atom stereocenters. The fourth-order valence-corrected chi connectivity index (χ4v) is 4.04. The van der Waals surface area contributed by atoms with E-state index >= 15 is 0 Å². The average Bonchev–Trinajstić information content (AvgIpc) is 2.93. The van der Waals surface area contributed by atoms with Crippen molar-refractivity contribution in [2.75, 3.05) is 12.4 Å². The zero-order chi connectivity index (χ0) is 18.3. The highest BCUT2D eigenvalue weighted by atomic mass is 16.7. The highest BCUT2D eigenvalue weighted by Gasteiger charge is 2.52. The van der Waals surface area contributed by atoms with E-state index in [1.54, 1.807) is 7.11 Å². The van der Waals surface area contributed by atoms with Gasteiger partial charge in [-0.3, -0.25) is 4.79 Å². The van der Waals surface area contributed by atoms with Gasteiger partial charge in [0.05, 0.1) is 12.8 Å². The molecule has 1 aliphatic heterocycles. The molecule has 1 amide bonds. The number of nitrogens with zero attached hydrogens (tertiary/aromatic N) is 3. The van der Waals surface area contributed by atoms with E-state index < -0.39 is 0 Å². The molecule has 0 radical (unpaired) electrons. The fourth-order valence-electron chi connectivity index (χ4n) is 4.04. The van der Waals surface area contributed by atoms with Gasteiger partial charge in [0.25, 0.3) is 0 Å². The highest BCUT2D eigenvalue weighted by Crippen LogP contribution is 2.46. The van der Waals surface area contributed by atoms with Crippen LogP contribution in [0.15, 0.2) is 11.2 Å². The van der Waals surface area contributed by atoms with Crippen LogP contribution < -0.4 is 15.4 Å². The van der Waals surface area contributed by atoms with Crippen LogP contribution >= 0.6 is 0 Å². The van der Waals surface area contributed by atoms with Gasteiger partial charge < -0.3 is 20.2 Å². The third kappa shape index (κ3) is 3.32. The van der Waals surface area contributed by atoms with Crippen molar-refractivity contribution >= 4 is 17.4 Å². The standard InChI is InChI=1S/C18H25N5O3/c1-10-4-15(22-17(19-10)25-3)20-13-5-14(6-13)21-16(24)12-8-18(9-12)7-11(2)23-26-18/h4,12-14H,5-9H2,1-3H3,(H,21,24)(H,19,20,22).